The third kappa shape index (κ3) is 5.91. The quantitative estimate of drug-likeness (QED) is 0.344. The zero-order chi connectivity index (χ0) is 23.3. The molecule has 5 N–H and O–H groups in total. The van der Waals surface area contributed by atoms with Crippen LogP contribution in [-0.2, 0) is 16.6 Å². The highest BCUT2D eigenvalue weighted by Gasteiger charge is 2.13. The molecule has 9 nitrogen and oxygen atoms in total. The number of benzene rings is 2. The van der Waals surface area contributed by atoms with Gasteiger partial charge in [0.2, 0.25) is 5.95 Å². The van der Waals surface area contributed by atoms with E-state index in [-0.39, 0.29) is 11.5 Å². The number of halogens is 1. The Bertz CT molecular complexity index is 1190. The minimum atomic E-state index is -4.80. The SMILES string of the molecule is Cc1nc(N)nc(N)c1CCCOc1ccc(NC(=O)c2ccc(S(=O)(=O)F)cc2)cc1. The van der Waals surface area contributed by atoms with Crippen LogP contribution in [0.4, 0.5) is 21.3 Å². The Kier molecular flexibility index (Phi) is 6.89. The van der Waals surface area contributed by atoms with Crippen LogP contribution in [0.15, 0.2) is 53.4 Å². The number of amides is 1. The third-order valence-electron chi connectivity index (χ3n) is 4.61. The van der Waals surface area contributed by atoms with Crippen molar-refractivity contribution in [2.24, 2.45) is 0 Å². The van der Waals surface area contributed by atoms with Crippen LogP contribution in [0.3, 0.4) is 0 Å². The zero-order valence-electron chi connectivity index (χ0n) is 17.2. The largest absolute Gasteiger partial charge is 0.494 e. The molecule has 0 unspecified atom stereocenters. The Morgan fingerprint density at radius 3 is 2.31 bits per heavy atom. The van der Waals surface area contributed by atoms with Gasteiger partial charge in [-0.1, -0.05) is 0 Å². The number of hydrogen-bond donors (Lipinski definition) is 3. The van der Waals surface area contributed by atoms with Gasteiger partial charge in [-0.3, -0.25) is 4.79 Å². The van der Waals surface area contributed by atoms with Gasteiger partial charge in [0.25, 0.3) is 5.91 Å². The second kappa shape index (κ2) is 9.60. The molecule has 0 atom stereocenters. The number of nitrogens with zero attached hydrogens (tertiary/aromatic N) is 2. The number of aryl methyl sites for hydroxylation is 1. The van der Waals surface area contributed by atoms with Crippen LogP contribution in [0.5, 0.6) is 5.75 Å². The number of ether oxygens (including phenoxy) is 1. The second-order valence-corrected chi connectivity index (χ2v) is 8.27. The van der Waals surface area contributed by atoms with Crippen molar-refractivity contribution < 1.29 is 21.8 Å². The molecule has 0 spiro atoms. The van der Waals surface area contributed by atoms with E-state index in [1.54, 1.807) is 24.3 Å². The van der Waals surface area contributed by atoms with Gasteiger partial charge in [0.1, 0.15) is 11.6 Å². The summed E-state index contributed by atoms with van der Waals surface area (Å²) in [4.78, 5) is 19.8. The molecule has 32 heavy (non-hydrogen) atoms. The van der Waals surface area contributed by atoms with Gasteiger partial charge in [-0.05, 0) is 68.3 Å². The lowest BCUT2D eigenvalue weighted by atomic mass is 10.1. The number of rotatable bonds is 8. The van der Waals surface area contributed by atoms with E-state index in [1.165, 1.54) is 12.1 Å². The van der Waals surface area contributed by atoms with E-state index in [0.29, 0.717) is 36.7 Å². The lowest BCUT2D eigenvalue weighted by Gasteiger charge is -2.10. The summed E-state index contributed by atoms with van der Waals surface area (Å²) < 4.78 is 40.3. The molecule has 0 saturated carbocycles. The van der Waals surface area contributed by atoms with Crippen molar-refractivity contribution in [2.75, 3.05) is 23.4 Å². The van der Waals surface area contributed by atoms with Gasteiger partial charge >= 0.3 is 10.2 Å². The molecule has 0 bridgehead atoms. The van der Waals surface area contributed by atoms with Crippen molar-refractivity contribution in [3.05, 3.63) is 65.4 Å². The first-order valence-electron chi connectivity index (χ1n) is 9.61. The summed E-state index contributed by atoms with van der Waals surface area (Å²) in [5.41, 5.74) is 13.8. The maximum atomic E-state index is 12.9. The van der Waals surface area contributed by atoms with Crippen LogP contribution >= 0.6 is 0 Å². The zero-order valence-corrected chi connectivity index (χ0v) is 18.0. The van der Waals surface area contributed by atoms with Gasteiger partial charge in [0.15, 0.2) is 0 Å². The molecule has 0 radical (unpaired) electrons. The van der Waals surface area contributed by atoms with E-state index in [4.69, 9.17) is 16.2 Å². The molecule has 0 fully saturated rings. The molecule has 1 amide bonds. The maximum Gasteiger partial charge on any atom is 0.332 e. The molecule has 3 aromatic rings. The van der Waals surface area contributed by atoms with Crippen molar-refractivity contribution >= 4 is 33.6 Å². The van der Waals surface area contributed by atoms with Crippen LogP contribution in [-0.4, -0.2) is 30.9 Å². The van der Waals surface area contributed by atoms with Crippen LogP contribution in [0, 0.1) is 6.92 Å². The number of nitrogen functional groups attached to an aromatic ring is 2. The highest BCUT2D eigenvalue weighted by Crippen LogP contribution is 2.19. The molecule has 0 aliphatic carbocycles. The van der Waals surface area contributed by atoms with Crippen molar-refractivity contribution in [1.82, 2.24) is 9.97 Å². The summed E-state index contributed by atoms with van der Waals surface area (Å²) in [6, 6.07) is 11.3. The first-order chi connectivity index (χ1) is 15.1. The summed E-state index contributed by atoms with van der Waals surface area (Å²) in [6.45, 7) is 2.27. The van der Waals surface area contributed by atoms with Crippen molar-refractivity contribution in [1.29, 1.82) is 0 Å². The first-order valence-corrected chi connectivity index (χ1v) is 11.0. The highest BCUT2D eigenvalue weighted by molar-refractivity contribution is 7.86. The molecule has 1 aromatic heterocycles. The predicted octanol–water partition coefficient (Wildman–Crippen LogP) is 2.87. The van der Waals surface area contributed by atoms with Crippen molar-refractivity contribution in [3.63, 3.8) is 0 Å². The average molecular weight is 460 g/mol. The van der Waals surface area contributed by atoms with Crippen LogP contribution in [0.2, 0.25) is 0 Å². The minimum Gasteiger partial charge on any atom is -0.494 e. The molecule has 0 aliphatic rings. The fraction of sp³-hybridized carbons (Fsp3) is 0.190. The van der Waals surface area contributed by atoms with Gasteiger partial charge < -0.3 is 21.5 Å². The highest BCUT2D eigenvalue weighted by atomic mass is 32.3. The Labute approximate surface area is 184 Å². The minimum absolute atomic E-state index is 0.150. The van der Waals surface area contributed by atoms with Gasteiger partial charge in [-0.25, -0.2) is 4.98 Å². The van der Waals surface area contributed by atoms with E-state index in [2.05, 4.69) is 15.3 Å². The molecule has 11 heteroatoms. The summed E-state index contributed by atoms with van der Waals surface area (Å²) in [6.07, 6.45) is 1.34. The lowest BCUT2D eigenvalue weighted by Crippen LogP contribution is -2.12. The molecule has 1 heterocycles. The topological polar surface area (TPSA) is 150 Å². The molecule has 0 saturated heterocycles. The van der Waals surface area contributed by atoms with E-state index < -0.39 is 21.0 Å². The normalized spacial score (nSPS) is 11.2. The molecule has 2 aromatic carbocycles. The molecule has 0 aliphatic heterocycles. The molecular weight excluding hydrogens is 437 g/mol. The van der Waals surface area contributed by atoms with E-state index >= 15 is 0 Å². The molecule has 168 valence electrons. The first kappa shape index (κ1) is 22.9. The number of hydrogen-bond acceptors (Lipinski definition) is 8. The number of anilines is 3. The monoisotopic (exact) mass is 459 g/mol. The summed E-state index contributed by atoms with van der Waals surface area (Å²) >= 11 is 0. The number of nitrogens with two attached hydrogens (primary N) is 2. The van der Waals surface area contributed by atoms with Crippen LogP contribution in [0.1, 0.15) is 28.0 Å². The van der Waals surface area contributed by atoms with E-state index in [0.717, 1.165) is 23.4 Å². The lowest BCUT2D eigenvalue weighted by molar-refractivity contribution is 0.102. The fourth-order valence-corrected chi connectivity index (χ4v) is 3.46. The standard InChI is InChI=1S/C21H22FN5O4S/c1-13-18(19(23)27-21(24)25-13)3-2-12-31-16-8-6-15(7-9-16)26-20(28)14-4-10-17(11-5-14)32(22,29)30/h4-11H,2-3,12H2,1H3,(H,26,28)(H4,23,24,25,27). The van der Waals surface area contributed by atoms with E-state index in [1.807, 2.05) is 6.92 Å². The van der Waals surface area contributed by atoms with Crippen molar-refractivity contribution in [2.45, 2.75) is 24.7 Å². The summed E-state index contributed by atoms with van der Waals surface area (Å²) in [5.74, 6) is 0.687. The van der Waals surface area contributed by atoms with Gasteiger partial charge in [-0.2, -0.15) is 13.4 Å². The number of aromatic nitrogens is 2. The molecular formula is C21H22FN5O4S. The number of nitrogens with one attached hydrogen (secondary N) is 1. The van der Waals surface area contributed by atoms with Gasteiger partial charge in [-0.15, -0.1) is 3.89 Å². The molecule has 3 rings (SSSR count). The Morgan fingerprint density at radius 1 is 1.06 bits per heavy atom. The summed E-state index contributed by atoms with van der Waals surface area (Å²) in [5, 5.41) is 2.67. The number of carbonyl (C=O) groups is 1. The second-order valence-electron chi connectivity index (χ2n) is 6.92. The maximum absolute atomic E-state index is 12.9. The average Bonchev–Trinajstić information content (AvgIpc) is 2.73. The van der Waals surface area contributed by atoms with Crippen LogP contribution < -0.4 is 21.5 Å². The van der Waals surface area contributed by atoms with E-state index in [9.17, 15) is 17.1 Å². The fourth-order valence-electron chi connectivity index (χ4n) is 3.00. The smallest absolute Gasteiger partial charge is 0.332 e. The van der Waals surface area contributed by atoms with Gasteiger partial charge in [0.05, 0.1) is 11.5 Å². The Balaban J connectivity index is 1.50. The third-order valence-corrected chi connectivity index (χ3v) is 5.45. The predicted molar refractivity (Wildman–Crippen MR) is 119 cm³/mol. The van der Waals surface area contributed by atoms with Crippen molar-refractivity contribution in [3.8, 4) is 5.75 Å². The van der Waals surface area contributed by atoms with Crippen LogP contribution in [0.25, 0.3) is 0 Å². The Hall–Kier alpha value is -3.73. The van der Waals surface area contributed by atoms with Gasteiger partial charge in [0, 0.05) is 22.5 Å². The summed E-state index contributed by atoms with van der Waals surface area (Å²) in [7, 11) is -4.80. The Morgan fingerprint density at radius 2 is 1.72 bits per heavy atom. The number of carbonyl (C=O) groups excluding carboxylic acids is 1.